The molecule has 15 rings (SSSR count). The lowest BCUT2D eigenvalue weighted by Gasteiger charge is -2.12. The maximum Gasteiger partial charge on any atom is 0.238 e. The Balaban J connectivity index is 1.07. The van der Waals surface area contributed by atoms with E-state index in [4.69, 9.17) is 14.4 Å². The van der Waals surface area contributed by atoms with Crippen molar-refractivity contribution in [3.05, 3.63) is 200 Å². The van der Waals surface area contributed by atoms with Crippen molar-refractivity contribution in [1.82, 2.24) is 23.5 Å². The summed E-state index contributed by atoms with van der Waals surface area (Å²) in [7, 11) is 0. The number of aromatic nitrogens is 5. The molecule has 0 aliphatic carbocycles. The summed E-state index contributed by atoms with van der Waals surface area (Å²) in [5.74, 6) is 0.561. The quantitative estimate of drug-likeness (QED) is 0.178. The molecule has 6 heterocycles. The Labute approximate surface area is 364 Å². The third-order valence-electron chi connectivity index (χ3n) is 13.6. The summed E-state index contributed by atoms with van der Waals surface area (Å²) in [6.45, 7) is 0. The minimum absolute atomic E-state index is 0.552. The second-order valence-electron chi connectivity index (χ2n) is 16.9. The van der Waals surface area contributed by atoms with Gasteiger partial charge in [0.2, 0.25) is 11.7 Å². The predicted molar refractivity (Wildman–Crippen MR) is 264 cm³/mol. The molecule has 6 heteroatoms. The van der Waals surface area contributed by atoms with Gasteiger partial charge in [-0.1, -0.05) is 146 Å². The molecule has 0 unspecified atom stereocenters. The lowest BCUT2D eigenvalue weighted by atomic mass is 10.0. The van der Waals surface area contributed by atoms with Crippen LogP contribution in [-0.2, 0) is 0 Å². The topological polar surface area (TPSA) is 53.2 Å². The molecule has 15 aromatic rings. The average molecular weight is 816 g/mol. The van der Waals surface area contributed by atoms with E-state index in [9.17, 15) is 0 Å². The summed E-state index contributed by atoms with van der Waals surface area (Å²) >= 11 is 0. The molecule has 0 bridgehead atoms. The van der Waals surface area contributed by atoms with Crippen LogP contribution >= 0.6 is 0 Å². The van der Waals surface area contributed by atoms with Gasteiger partial charge in [0.1, 0.15) is 5.58 Å². The van der Waals surface area contributed by atoms with Crippen molar-refractivity contribution in [3.63, 3.8) is 0 Å². The molecule has 0 saturated carbocycles. The maximum absolute atomic E-state index is 6.71. The largest absolute Gasteiger partial charge is 0.437 e. The van der Waals surface area contributed by atoms with Gasteiger partial charge in [-0.25, -0.2) is 4.98 Å². The Morgan fingerprint density at radius 1 is 0.344 bits per heavy atom. The van der Waals surface area contributed by atoms with Crippen LogP contribution in [0.1, 0.15) is 0 Å². The number of hydrogen-bond donors (Lipinski definition) is 0. The van der Waals surface area contributed by atoms with Gasteiger partial charge in [0, 0.05) is 59.7 Å². The lowest BCUT2D eigenvalue weighted by Crippen LogP contribution is -2.03. The van der Waals surface area contributed by atoms with Gasteiger partial charge in [0.15, 0.2) is 0 Å². The first-order valence-corrected chi connectivity index (χ1v) is 21.7. The number of fused-ring (bicyclic) bond motifs is 16. The van der Waals surface area contributed by atoms with Gasteiger partial charge < -0.3 is 13.4 Å². The number of rotatable bonds is 4. The fourth-order valence-corrected chi connectivity index (χ4v) is 10.9. The van der Waals surface area contributed by atoms with Crippen LogP contribution in [0.3, 0.4) is 0 Å². The number of para-hydroxylation sites is 5. The minimum Gasteiger partial charge on any atom is -0.437 e. The number of hydrogen-bond acceptors (Lipinski definition) is 3. The van der Waals surface area contributed by atoms with Crippen LogP contribution < -0.4 is 0 Å². The van der Waals surface area contributed by atoms with E-state index in [0.717, 1.165) is 66.1 Å². The Hall–Kier alpha value is -8.74. The van der Waals surface area contributed by atoms with Crippen LogP contribution in [0.5, 0.6) is 0 Å². The van der Waals surface area contributed by atoms with Crippen LogP contribution in [-0.4, -0.2) is 23.5 Å². The Bertz CT molecular complexity index is 4420. The van der Waals surface area contributed by atoms with E-state index in [1.54, 1.807) is 0 Å². The first-order valence-electron chi connectivity index (χ1n) is 21.7. The van der Waals surface area contributed by atoms with Crippen molar-refractivity contribution in [1.29, 1.82) is 0 Å². The fourth-order valence-electron chi connectivity index (χ4n) is 10.9. The SMILES string of the molecule is c1ccc(-c2ccc3c4cc5c6ccccc6n(-c6nc(-c7ccc8c9ccccc9n(-c9ccccc9)c8c7)c7c(n6)oc6ccccc67)c5c5c6ccccc6n(c3c2)c45)cc1. The normalized spacial score (nSPS) is 12.4. The minimum atomic E-state index is 0.552. The summed E-state index contributed by atoms with van der Waals surface area (Å²) in [6.07, 6.45) is 0. The highest BCUT2D eigenvalue weighted by atomic mass is 16.3. The second kappa shape index (κ2) is 12.4. The van der Waals surface area contributed by atoms with Crippen molar-refractivity contribution < 1.29 is 4.42 Å². The molecule has 6 nitrogen and oxygen atoms in total. The molecule has 0 atom stereocenters. The molecule has 9 aromatic carbocycles. The third kappa shape index (κ3) is 4.43. The first-order chi connectivity index (χ1) is 31.8. The van der Waals surface area contributed by atoms with E-state index in [0.29, 0.717) is 11.7 Å². The summed E-state index contributed by atoms with van der Waals surface area (Å²) < 4.78 is 13.8. The summed E-state index contributed by atoms with van der Waals surface area (Å²) in [5, 5.41) is 11.4. The average Bonchev–Trinajstić information content (AvgIpc) is 4.15. The van der Waals surface area contributed by atoms with Gasteiger partial charge in [0.05, 0.1) is 49.7 Å². The zero-order valence-electron chi connectivity index (χ0n) is 34.2. The molecule has 0 spiro atoms. The third-order valence-corrected chi connectivity index (χ3v) is 13.6. The van der Waals surface area contributed by atoms with Gasteiger partial charge in [-0.15, -0.1) is 0 Å². The zero-order chi connectivity index (χ0) is 41.6. The van der Waals surface area contributed by atoms with Gasteiger partial charge >= 0.3 is 0 Å². The molecule has 0 radical (unpaired) electrons. The van der Waals surface area contributed by atoms with Crippen molar-refractivity contribution in [2.45, 2.75) is 0 Å². The van der Waals surface area contributed by atoms with Gasteiger partial charge in [0.25, 0.3) is 0 Å². The van der Waals surface area contributed by atoms with Crippen molar-refractivity contribution in [3.8, 4) is 34.0 Å². The van der Waals surface area contributed by atoms with Crippen LogP contribution in [0.25, 0.3) is 138 Å². The molecular formula is C58H33N5O. The maximum atomic E-state index is 6.71. The summed E-state index contributed by atoms with van der Waals surface area (Å²) in [4.78, 5) is 11.1. The molecule has 64 heavy (non-hydrogen) atoms. The first kappa shape index (κ1) is 33.9. The second-order valence-corrected chi connectivity index (χ2v) is 16.9. The molecule has 0 N–H and O–H groups in total. The Morgan fingerprint density at radius 2 is 0.922 bits per heavy atom. The molecule has 6 aromatic heterocycles. The smallest absolute Gasteiger partial charge is 0.238 e. The van der Waals surface area contributed by atoms with Crippen LogP contribution in [0.15, 0.2) is 205 Å². The Morgan fingerprint density at radius 3 is 1.72 bits per heavy atom. The number of nitrogens with zero attached hydrogens (tertiary/aromatic N) is 5. The molecular weight excluding hydrogens is 783 g/mol. The molecule has 0 fully saturated rings. The highest BCUT2D eigenvalue weighted by Crippen LogP contribution is 2.47. The molecule has 0 saturated heterocycles. The van der Waals surface area contributed by atoms with Gasteiger partial charge in [-0.2, -0.15) is 4.98 Å². The zero-order valence-corrected chi connectivity index (χ0v) is 34.2. The van der Waals surface area contributed by atoms with Crippen LogP contribution in [0, 0.1) is 0 Å². The van der Waals surface area contributed by atoms with E-state index < -0.39 is 0 Å². The number of furan rings is 1. The standard InChI is InChI=1S/C58H33N5O/c1-3-15-34(16-4-1)35-27-29-41-45-33-44-39-20-8-12-24-47(39)63(56(44)53-42-21-9-13-25-48(42)62(55(45)53)50(41)31-35)58-59-54(52-43-22-10-14-26-51(43)64-57(52)60-58)36-28-30-40-38-19-7-11-23-46(38)61(49(40)32-36)37-17-5-2-6-18-37/h1-33H. The van der Waals surface area contributed by atoms with E-state index in [1.165, 1.54) is 60.0 Å². The molecule has 0 aliphatic heterocycles. The van der Waals surface area contributed by atoms with Crippen molar-refractivity contribution >= 4 is 104 Å². The highest BCUT2D eigenvalue weighted by molar-refractivity contribution is 6.34. The van der Waals surface area contributed by atoms with Crippen LogP contribution in [0.4, 0.5) is 0 Å². The monoisotopic (exact) mass is 815 g/mol. The molecule has 0 amide bonds. The van der Waals surface area contributed by atoms with Gasteiger partial charge in [-0.05, 0) is 65.7 Å². The van der Waals surface area contributed by atoms with E-state index >= 15 is 0 Å². The van der Waals surface area contributed by atoms with Gasteiger partial charge in [-0.3, -0.25) is 4.57 Å². The van der Waals surface area contributed by atoms with E-state index in [-0.39, 0.29) is 0 Å². The Kier molecular flexibility index (Phi) is 6.59. The van der Waals surface area contributed by atoms with Crippen molar-refractivity contribution in [2.24, 2.45) is 0 Å². The van der Waals surface area contributed by atoms with E-state index in [1.807, 2.05) is 12.1 Å². The summed E-state index contributed by atoms with van der Waals surface area (Å²) in [5.41, 5.74) is 14.6. The van der Waals surface area contributed by atoms with Crippen LogP contribution in [0.2, 0.25) is 0 Å². The summed E-state index contributed by atoms with van der Waals surface area (Å²) in [6, 6.07) is 71.7. The fraction of sp³-hybridized carbons (Fsp3) is 0. The lowest BCUT2D eigenvalue weighted by molar-refractivity contribution is 0.651. The predicted octanol–water partition coefficient (Wildman–Crippen LogP) is 15.1. The van der Waals surface area contributed by atoms with E-state index in [2.05, 4.69) is 202 Å². The molecule has 0 aliphatic rings. The highest BCUT2D eigenvalue weighted by Gasteiger charge is 2.27. The number of benzene rings is 9. The molecule has 296 valence electrons. The van der Waals surface area contributed by atoms with Crippen molar-refractivity contribution in [2.75, 3.05) is 0 Å².